The van der Waals surface area contributed by atoms with Gasteiger partial charge in [0.15, 0.2) is 5.65 Å². The van der Waals surface area contributed by atoms with Crippen molar-refractivity contribution in [2.45, 2.75) is 25.3 Å². The highest BCUT2D eigenvalue weighted by atomic mass is 35.5. The number of carboxylic acids is 1. The molecule has 1 amide bonds. The van der Waals surface area contributed by atoms with Crippen molar-refractivity contribution in [2.24, 2.45) is 0 Å². The van der Waals surface area contributed by atoms with Gasteiger partial charge in [0.25, 0.3) is 0 Å². The van der Waals surface area contributed by atoms with E-state index in [1.807, 2.05) is 0 Å². The topological polar surface area (TPSA) is 74.9 Å². The van der Waals surface area contributed by atoms with Gasteiger partial charge in [-0.05, 0) is 18.9 Å². The Kier molecular flexibility index (Phi) is 3.97. The van der Waals surface area contributed by atoms with E-state index in [-0.39, 0.29) is 12.3 Å². The zero-order valence-electron chi connectivity index (χ0n) is 11.5. The maximum atomic E-state index is 12.3. The summed E-state index contributed by atoms with van der Waals surface area (Å²) in [6, 6.07) is 0.848. The molecular formula is C14H13Cl2N3O3. The molecule has 0 saturated carbocycles. The number of amides is 1. The van der Waals surface area contributed by atoms with Crippen molar-refractivity contribution in [2.75, 3.05) is 6.54 Å². The number of halogens is 2. The summed E-state index contributed by atoms with van der Waals surface area (Å²) in [6.45, 7) is 0.468. The predicted octanol–water partition coefficient (Wildman–Crippen LogP) is 2.26. The highest BCUT2D eigenvalue weighted by molar-refractivity contribution is 6.36. The van der Waals surface area contributed by atoms with Crippen LogP contribution >= 0.6 is 23.2 Å². The van der Waals surface area contributed by atoms with Crippen LogP contribution in [0.4, 0.5) is 0 Å². The van der Waals surface area contributed by atoms with E-state index in [4.69, 9.17) is 28.3 Å². The second-order valence-corrected chi connectivity index (χ2v) is 6.07. The van der Waals surface area contributed by atoms with Gasteiger partial charge in [0.1, 0.15) is 6.04 Å². The third-order valence-electron chi connectivity index (χ3n) is 3.71. The summed E-state index contributed by atoms with van der Waals surface area (Å²) < 4.78 is 1.66. The van der Waals surface area contributed by atoms with E-state index in [9.17, 15) is 9.59 Å². The van der Waals surface area contributed by atoms with Gasteiger partial charge in [-0.15, -0.1) is 0 Å². The smallest absolute Gasteiger partial charge is 0.326 e. The van der Waals surface area contributed by atoms with Gasteiger partial charge >= 0.3 is 5.97 Å². The molecule has 1 aliphatic heterocycles. The second-order valence-electron chi connectivity index (χ2n) is 5.23. The van der Waals surface area contributed by atoms with E-state index in [2.05, 4.69) is 4.98 Å². The number of carbonyl (C=O) groups is 2. The summed E-state index contributed by atoms with van der Waals surface area (Å²) >= 11 is 12.0. The van der Waals surface area contributed by atoms with Crippen molar-refractivity contribution in [3.8, 4) is 0 Å². The van der Waals surface area contributed by atoms with Gasteiger partial charge in [0.2, 0.25) is 5.91 Å². The molecule has 3 rings (SSSR count). The average molecular weight is 342 g/mol. The fraction of sp³-hybridized carbons (Fsp3) is 0.357. The molecule has 1 fully saturated rings. The molecule has 1 N–H and O–H groups in total. The molecule has 1 aliphatic rings. The van der Waals surface area contributed by atoms with Crippen molar-refractivity contribution in [3.63, 3.8) is 0 Å². The lowest BCUT2D eigenvalue weighted by Gasteiger charge is -2.20. The molecule has 0 aromatic carbocycles. The summed E-state index contributed by atoms with van der Waals surface area (Å²) in [4.78, 5) is 29.2. The fourth-order valence-corrected chi connectivity index (χ4v) is 3.27. The molecule has 6 nitrogen and oxygen atoms in total. The highest BCUT2D eigenvalue weighted by Gasteiger charge is 2.33. The van der Waals surface area contributed by atoms with Crippen LogP contribution in [-0.2, 0) is 16.0 Å². The van der Waals surface area contributed by atoms with Crippen LogP contribution < -0.4 is 0 Å². The molecule has 0 aliphatic carbocycles. The maximum Gasteiger partial charge on any atom is 0.326 e. The minimum absolute atomic E-state index is 0.0411. The van der Waals surface area contributed by atoms with Gasteiger partial charge in [-0.1, -0.05) is 23.2 Å². The third-order valence-corrected chi connectivity index (χ3v) is 4.20. The second kappa shape index (κ2) is 5.78. The first kappa shape index (κ1) is 15.1. The molecular weight excluding hydrogens is 329 g/mol. The van der Waals surface area contributed by atoms with Crippen molar-refractivity contribution < 1.29 is 14.7 Å². The van der Waals surface area contributed by atoms with E-state index in [0.717, 1.165) is 0 Å². The number of nitrogens with zero attached hydrogens (tertiary/aromatic N) is 3. The highest BCUT2D eigenvalue weighted by Crippen LogP contribution is 2.23. The predicted molar refractivity (Wildman–Crippen MR) is 81.3 cm³/mol. The molecule has 2 aromatic heterocycles. The van der Waals surface area contributed by atoms with Gasteiger partial charge in [0.05, 0.1) is 22.2 Å². The first-order valence-electron chi connectivity index (χ1n) is 6.80. The number of likely N-dealkylation sites (tertiary alicyclic amines) is 1. The number of rotatable bonds is 3. The van der Waals surface area contributed by atoms with Crippen LogP contribution in [0.3, 0.4) is 0 Å². The summed E-state index contributed by atoms with van der Waals surface area (Å²) in [7, 11) is 0. The largest absolute Gasteiger partial charge is 0.480 e. The number of carbonyl (C=O) groups excluding carboxylic acids is 1. The summed E-state index contributed by atoms with van der Waals surface area (Å²) in [5.41, 5.74) is 1.05. The minimum atomic E-state index is -0.962. The number of carboxylic acid groups (broad SMARTS) is 1. The normalized spacial score (nSPS) is 18.1. The number of hydrogen-bond acceptors (Lipinski definition) is 3. The molecule has 0 unspecified atom stereocenters. The fourth-order valence-electron chi connectivity index (χ4n) is 2.74. The van der Waals surface area contributed by atoms with Crippen LogP contribution in [0, 0.1) is 0 Å². The van der Waals surface area contributed by atoms with Crippen LogP contribution in [0.5, 0.6) is 0 Å². The summed E-state index contributed by atoms with van der Waals surface area (Å²) in [6.07, 6.45) is 4.57. The lowest BCUT2D eigenvalue weighted by atomic mass is 10.2. The number of fused-ring (bicyclic) bond motifs is 1. The van der Waals surface area contributed by atoms with Crippen LogP contribution in [0.1, 0.15) is 18.5 Å². The van der Waals surface area contributed by atoms with Gasteiger partial charge < -0.3 is 14.4 Å². The van der Waals surface area contributed by atoms with E-state index < -0.39 is 12.0 Å². The van der Waals surface area contributed by atoms with Gasteiger partial charge in [-0.25, -0.2) is 9.78 Å². The molecule has 22 heavy (non-hydrogen) atoms. The molecule has 0 radical (unpaired) electrons. The molecule has 3 heterocycles. The quantitative estimate of drug-likeness (QED) is 0.928. The molecule has 116 valence electrons. The lowest BCUT2D eigenvalue weighted by molar-refractivity contribution is -0.148. The standard InChI is InChI=1S/C14H13Cl2N3O3/c15-8-4-10(16)13-17-9(7-18(13)6-8)5-12(20)19-3-1-2-11(19)14(21)22/h4,6-7,11H,1-3,5H2,(H,21,22)/t11-/m0/s1. The minimum Gasteiger partial charge on any atom is -0.480 e. The number of aliphatic carboxylic acids is 1. The Labute approximate surface area is 136 Å². The van der Waals surface area contributed by atoms with E-state index in [1.54, 1.807) is 22.9 Å². The number of aromatic nitrogens is 2. The molecule has 0 bridgehead atoms. The zero-order valence-corrected chi connectivity index (χ0v) is 13.0. The summed E-state index contributed by atoms with van der Waals surface area (Å²) in [5.74, 6) is -1.20. The Morgan fingerprint density at radius 2 is 2.14 bits per heavy atom. The van der Waals surface area contributed by atoms with Gasteiger partial charge in [-0.2, -0.15) is 0 Å². The Morgan fingerprint density at radius 3 is 2.86 bits per heavy atom. The Balaban J connectivity index is 1.82. The SMILES string of the molecule is O=C(O)[C@@H]1CCCN1C(=O)Cc1cn2cc(Cl)cc(Cl)c2n1. The Morgan fingerprint density at radius 1 is 1.36 bits per heavy atom. The maximum absolute atomic E-state index is 12.3. The van der Waals surface area contributed by atoms with Crippen LogP contribution in [0.15, 0.2) is 18.5 Å². The molecule has 2 aromatic rings. The van der Waals surface area contributed by atoms with E-state index >= 15 is 0 Å². The number of imidazole rings is 1. The van der Waals surface area contributed by atoms with Crippen molar-refractivity contribution in [1.82, 2.24) is 14.3 Å². The van der Waals surface area contributed by atoms with Crippen LogP contribution in [0.25, 0.3) is 5.65 Å². The van der Waals surface area contributed by atoms with Gasteiger partial charge in [-0.3, -0.25) is 4.79 Å². The number of hydrogen-bond donors (Lipinski definition) is 1. The van der Waals surface area contributed by atoms with E-state index in [0.29, 0.717) is 40.8 Å². The van der Waals surface area contributed by atoms with Crippen molar-refractivity contribution in [1.29, 1.82) is 0 Å². The Hall–Kier alpha value is -1.79. The first-order chi connectivity index (χ1) is 10.5. The molecule has 1 atom stereocenters. The van der Waals surface area contributed by atoms with Crippen molar-refractivity contribution in [3.05, 3.63) is 34.2 Å². The molecule has 1 saturated heterocycles. The van der Waals surface area contributed by atoms with Crippen LogP contribution in [-0.4, -0.2) is 43.9 Å². The summed E-state index contributed by atoms with van der Waals surface area (Å²) in [5, 5.41) is 10.0. The molecule has 0 spiro atoms. The van der Waals surface area contributed by atoms with Gasteiger partial charge in [0, 0.05) is 18.9 Å². The van der Waals surface area contributed by atoms with Crippen LogP contribution in [0.2, 0.25) is 10.0 Å². The monoisotopic (exact) mass is 341 g/mol. The Bertz CT molecular complexity index is 759. The first-order valence-corrected chi connectivity index (χ1v) is 7.56. The molecule has 8 heteroatoms. The number of pyridine rings is 1. The van der Waals surface area contributed by atoms with E-state index in [1.165, 1.54) is 4.90 Å². The third kappa shape index (κ3) is 2.76. The average Bonchev–Trinajstić information content (AvgIpc) is 3.04. The van der Waals surface area contributed by atoms with Crippen molar-refractivity contribution >= 4 is 40.7 Å². The zero-order chi connectivity index (χ0) is 15.9. The lowest BCUT2D eigenvalue weighted by Crippen LogP contribution is -2.41.